The Morgan fingerprint density at radius 1 is 1.19 bits per heavy atom. The monoisotopic (exact) mass is 285 g/mol. The molecule has 1 aromatic rings. The van der Waals surface area contributed by atoms with Crippen LogP contribution in [0.4, 0.5) is 0 Å². The van der Waals surface area contributed by atoms with Crippen LogP contribution in [0.5, 0.6) is 0 Å². The summed E-state index contributed by atoms with van der Waals surface area (Å²) in [6.07, 6.45) is 7.95. The van der Waals surface area contributed by atoms with Crippen LogP contribution >= 0.6 is 0 Å². The molecule has 0 N–H and O–H groups in total. The van der Waals surface area contributed by atoms with Crippen LogP contribution in [0.2, 0.25) is 0 Å². The van der Waals surface area contributed by atoms with Gasteiger partial charge in [-0.25, -0.2) is 0 Å². The van der Waals surface area contributed by atoms with Crippen LogP contribution < -0.4 is 0 Å². The Hall–Kier alpha value is -1.31. The SMILES string of the molecule is CC(C)N(C(=O)CC1CCc2ccccc21)C1CCCC1. The van der Waals surface area contributed by atoms with Crippen molar-refractivity contribution in [2.45, 2.75) is 76.8 Å². The number of hydrogen-bond donors (Lipinski definition) is 0. The zero-order chi connectivity index (χ0) is 14.8. The first-order valence-electron chi connectivity index (χ1n) is 8.55. The van der Waals surface area contributed by atoms with Crippen LogP contribution in [0.1, 0.15) is 69.4 Å². The molecule has 0 saturated heterocycles. The van der Waals surface area contributed by atoms with E-state index >= 15 is 0 Å². The molecule has 2 aliphatic carbocycles. The smallest absolute Gasteiger partial charge is 0.223 e. The van der Waals surface area contributed by atoms with E-state index in [1.165, 1.54) is 36.8 Å². The largest absolute Gasteiger partial charge is 0.337 e. The van der Waals surface area contributed by atoms with Gasteiger partial charge in [-0.05, 0) is 56.6 Å². The Morgan fingerprint density at radius 2 is 1.90 bits per heavy atom. The summed E-state index contributed by atoms with van der Waals surface area (Å²) in [6.45, 7) is 4.33. The average molecular weight is 285 g/mol. The Labute approximate surface area is 128 Å². The number of fused-ring (bicyclic) bond motifs is 1. The van der Waals surface area contributed by atoms with Crippen molar-refractivity contribution in [2.24, 2.45) is 0 Å². The number of amides is 1. The molecule has 0 heterocycles. The molecule has 1 saturated carbocycles. The molecule has 1 atom stereocenters. The van der Waals surface area contributed by atoms with Gasteiger partial charge in [0.1, 0.15) is 0 Å². The molecule has 2 heteroatoms. The summed E-state index contributed by atoms with van der Waals surface area (Å²) in [5, 5.41) is 0. The fraction of sp³-hybridized carbons (Fsp3) is 0.632. The predicted molar refractivity (Wildman–Crippen MR) is 86.4 cm³/mol. The minimum absolute atomic E-state index is 0.331. The van der Waals surface area contributed by atoms with Gasteiger partial charge >= 0.3 is 0 Å². The molecule has 114 valence electrons. The van der Waals surface area contributed by atoms with E-state index in [-0.39, 0.29) is 0 Å². The second kappa shape index (κ2) is 6.21. The number of benzene rings is 1. The summed E-state index contributed by atoms with van der Waals surface area (Å²) < 4.78 is 0. The third kappa shape index (κ3) is 3.00. The van der Waals surface area contributed by atoms with E-state index in [1.54, 1.807) is 0 Å². The van der Waals surface area contributed by atoms with Gasteiger partial charge in [-0.3, -0.25) is 4.79 Å². The highest BCUT2D eigenvalue weighted by Crippen LogP contribution is 2.36. The molecule has 0 aromatic heterocycles. The number of hydrogen-bond acceptors (Lipinski definition) is 1. The van der Waals surface area contributed by atoms with Crippen molar-refractivity contribution in [3.05, 3.63) is 35.4 Å². The minimum Gasteiger partial charge on any atom is -0.337 e. The van der Waals surface area contributed by atoms with Gasteiger partial charge in [0, 0.05) is 18.5 Å². The second-order valence-electron chi connectivity index (χ2n) is 6.97. The third-order valence-electron chi connectivity index (χ3n) is 5.24. The van der Waals surface area contributed by atoms with Crippen molar-refractivity contribution >= 4 is 5.91 Å². The maximum Gasteiger partial charge on any atom is 0.223 e. The van der Waals surface area contributed by atoms with Crippen LogP contribution in [0.25, 0.3) is 0 Å². The van der Waals surface area contributed by atoms with Crippen molar-refractivity contribution in [1.29, 1.82) is 0 Å². The van der Waals surface area contributed by atoms with Crippen molar-refractivity contribution in [2.75, 3.05) is 0 Å². The summed E-state index contributed by atoms with van der Waals surface area (Å²) >= 11 is 0. The first-order chi connectivity index (χ1) is 10.2. The molecule has 3 rings (SSSR count). The van der Waals surface area contributed by atoms with Crippen LogP contribution in [0.15, 0.2) is 24.3 Å². The number of aryl methyl sites for hydroxylation is 1. The zero-order valence-corrected chi connectivity index (χ0v) is 13.3. The number of carbonyl (C=O) groups excluding carboxylic acids is 1. The fourth-order valence-corrected chi connectivity index (χ4v) is 4.27. The lowest BCUT2D eigenvalue weighted by atomic mass is 9.96. The first kappa shape index (κ1) is 14.6. The highest BCUT2D eigenvalue weighted by molar-refractivity contribution is 5.78. The van der Waals surface area contributed by atoms with Crippen molar-refractivity contribution in [3.63, 3.8) is 0 Å². The molecule has 2 nitrogen and oxygen atoms in total. The highest BCUT2D eigenvalue weighted by Gasteiger charge is 2.32. The minimum atomic E-state index is 0.331. The quantitative estimate of drug-likeness (QED) is 0.808. The molecular formula is C19H27NO. The maximum absolute atomic E-state index is 12.9. The Morgan fingerprint density at radius 3 is 2.62 bits per heavy atom. The fourth-order valence-electron chi connectivity index (χ4n) is 4.27. The summed E-state index contributed by atoms with van der Waals surface area (Å²) in [7, 11) is 0. The Kier molecular flexibility index (Phi) is 4.32. The lowest BCUT2D eigenvalue weighted by Gasteiger charge is -2.33. The Bertz CT molecular complexity index is 502. The number of carbonyl (C=O) groups is 1. The average Bonchev–Trinajstić information content (AvgIpc) is 3.09. The molecule has 0 aliphatic heterocycles. The molecule has 1 amide bonds. The van der Waals surface area contributed by atoms with Crippen LogP contribution in [-0.2, 0) is 11.2 Å². The van der Waals surface area contributed by atoms with Crippen LogP contribution in [-0.4, -0.2) is 22.9 Å². The van der Waals surface area contributed by atoms with E-state index in [9.17, 15) is 4.79 Å². The zero-order valence-electron chi connectivity index (χ0n) is 13.3. The highest BCUT2D eigenvalue weighted by atomic mass is 16.2. The van der Waals surface area contributed by atoms with Gasteiger partial charge in [-0.1, -0.05) is 37.1 Å². The molecule has 0 bridgehead atoms. The molecule has 1 unspecified atom stereocenters. The van der Waals surface area contributed by atoms with Gasteiger partial charge in [0.15, 0.2) is 0 Å². The molecular weight excluding hydrogens is 258 g/mol. The van der Waals surface area contributed by atoms with Crippen molar-refractivity contribution in [1.82, 2.24) is 4.90 Å². The van der Waals surface area contributed by atoms with Gasteiger partial charge < -0.3 is 4.90 Å². The summed E-state index contributed by atoms with van der Waals surface area (Å²) in [6, 6.07) is 9.49. The molecule has 2 aliphatic rings. The van der Waals surface area contributed by atoms with Crippen molar-refractivity contribution < 1.29 is 4.79 Å². The van der Waals surface area contributed by atoms with Crippen molar-refractivity contribution in [3.8, 4) is 0 Å². The Balaban J connectivity index is 1.70. The van der Waals surface area contributed by atoms with Crippen LogP contribution in [0.3, 0.4) is 0 Å². The third-order valence-corrected chi connectivity index (χ3v) is 5.24. The molecule has 1 aromatic carbocycles. The van der Waals surface area contributed by atoms with E-state index in [0.717, 1.165) is 12.8 Å². The lowest BCUT2D eigenvalue weighted by Crippen LogP contribution is -2.44. The molecule has 0 radical (unpaired) electrons. The first-order valence-corrected chi connectivity index (χ1v) is 8.55. The lowest BCUT2D eigenvalue weighted by molar-refractivity contribution is -0.135. The van der Waals surface area contributed by atoms with E-state index in [1.807, 2.05) is 0 Å². The molecule has 0 spiro atoms. The molecule has 1 fully saturated rings. The number of nitrogens with zero attached hydrogens (tertiary/aromatic N) is 1. The number of rotatable bonds is 4. The summed E-state index contributed by atoms with van der Waals surface area (Å²) in [5.41, 5.74) is 2.87. The van der Waals surface area contributed by atoms with Gasteiger partial charge in [0.2, 0.25) is 5.91 Å². The van der Waals surface area contributed by atoms with E-state index < -0.39 is 0 Å². The maximum atomic E-state index is 12.9. The van der Waals surface area contributed by atoms with Gasteiger partial charge in [-0.2, -0.15) is 0 Å². The summed E-state index contributed by atoms with van der Waals surface area (Å²) in [4.78, 5) is 15.1. The molecule has 21 heavy (non-hydrogen) atoms. The second-order valence-corrected chi connectivity index (χ2v) is 6.97. The normalized spacial score (nSPS) is 21.8. The summed E-state index contributed by atoms with van der Waals surface area (Å²) in [5.74, 6) is 0.815. The van der Waals surface area contributed by atoms with Gasteiger partial charge in [-0.15, -0.1) is 0 Å². The van der Waals surface area contributed by atoms with Gasteiger partial charge in [0.05, 0.1) is 0 Å². The van der Waals surface area contributed by atoms with Crippen LogP contribution in [0, 0.1) is 0 Å². The van der Waals surface area contributed by atoms with E-state index in [2.05, 4.69) is 43.0 Å². The standard InChI is InChI=1S/C19H27NO/c1-14(2)20(17-8-4-5-9-17)19(21)13-16-12-11-15-7-3-6-10-18(15)16/h3,6-7,10,14,16-17H,4-5,8-9,11-13H2,1-2H3. The predicted octanol–water partition coefficient (Wildman–Crippen LogP) is 4.29. The van der Waals surface area contributed by atoms with E-state index in [4.69, 9.17) is 0 Å². The topological polar surface area (TPSA) is 20.3 Å². The van der Waals surface area contributed by atoms with E-state index in [0.29, 0.717) is 30.3 Å². The van der Waals surface area contributed by atoms with Gasteiger partial charge in [0.25, 0.3) is 0 Å².